The third-order valence-corrected chi connectivity index (χ3v) is 5.56. The average molecular weight is 474 g/mol. The molecule has 0 atom stereocenters. The van der Waals surface area contributed by atoms with Gasteiger partial charge < -0.3 is 9.84 Å². The van der Waals surface area contributed by atoms with Crippen LogP contribution in [0.4, 0.5) is 5.69 Å². The molecule has 1 heterocycles. The van der Waals surface area contributed by atoms with Gasteiger partial charge in [0.25, 0.3) is 5.91 Å². The first-order valence-electron chi connectivity index (χ1n) is 10.5. The number of anilines is 1. The third-order valence-electron chi connectivity index (χ3n) is 5.24. The molecule has 7 heteroatoms. The van der Waals surface area contributed by atoms with Crippen LogP contribution in [-0.2, 0) is 9.53 Å². The van der Waals surface area contributed by atoms with Crippen LogP contribution in [0.15, 0.2) is 84.4 Å². The number of hydrogen-bond donors (Lipinski definition) is 1. The van der Waals surface area contributed by atoms with Crippen molar-refractivity contribution in [2.75, 3.05) is 11.5 Å². The molecule has 1 amide bonds. The van der Waals surface area contributed by atoms with Crippen molar-refractivity contribution in [2.45, 2.75) is 6.92 Å². The molecule has 3 aromatic carbocycles. The van der Waals surface area contributed by atoms with E-state index in [4.69, 9.17) is 16.3 Å². The number of ether oxygens (including phenoxy) is 1. The van der Waals surface area contributed by atoms with Crippen molar-refractivity contribution in [1.82, 2.24) is 0 Å². The Hall–Kier alpha value is -4.16. The Morgan fingerprint density at radius 2 is 1.74 bits per heavy atom. The summed E-state index contributed by atoms with van der Waals surface area (Å²) in [6.45, 7) is 2.03. The molecule has 1 aliphatic heterocycles. The number of aromatic carboxylic acids is 1. The van der Waals surface area contributed by atoms with Gasteiger partial charge in [-0.2, -0.15) is 0 Å². The van der Waals surface area contributed by atoms with Gasteiger partial charge in [-0.25, -0.2) is 9.59 Å². The Labute approximate surface area is 201 Å². The zero-order chi connectivity index (χ0) is 24.2. The first-order chi connectivity index (χ1) is 16.4. The summed E-state index contributed by atoms with van der Waals surface area (Å²) >= 11 is 6.04. The molecule has 0 radical (unpaired) electrons. The lowest BCUT2D eigenvalue weighted by Crippen LogP contribution is -2.25. The van der Waals surface area contributed by atoms with Crippen LogP contribution in [0.5, 0.6) is 0 Å². The monoisotopic (exact) mass is 473 g/mol. The molecule has 0 aromatic heterocycles. The number of carboxylic acids is 1. The van der Waals surface area contributed by atoms with Crippen LogP contribution in [0.25, 0.3) is 11.8 Å². The second-order valence-corrected chi connectivity index (χ2v) is 7.85. The Balaban J connectivity index is 1.75. The number of esters is 1. The molecule has 1 N–H and O–H groups in total. The van der Waals surface area contributed by atoms with E-state index >= 15 is 0 Å². The number of benzene rings is 3. The molecule has 0 fully saturated rings. The van der Waals surface area contributed by atoms with Gasteiger partial charge in [-0.3, -0.25) is 9.69 Å². The van der Waals surface area contributed by atoms with E-state index in [0.29, 0.717) is 22.5 Å². The maximum absolute atomic E-state index is 13.5. The Bertz CT molecular complexity index is 1330. The predicted molar refractivity (Wildman–Crippen MR) is 131 cm³/mol. The van der Waals surface area contributed by atoms with Crippen LogP contribution < -0.4 is 4.90 Å². The summed E-state index contributed by atoms with van der Waals surface area (Å²) in [4.78, 5) is 38.4. The number of rotatable bonds is 6. The van der Waals surface area contributed by atoms with Crippen molar-refractivity contribution in [3.05, 3.63) is 112 Å². The van der Waals surface area contributed by atoms with Gasteiger partial charge in [0.2, 0.25) is 0 Å². The molecule has 170 valence electrons. The Morgan fingerprint density at radius 1 is 1.03 bits per heavy atom. The number of carbonyl (C=O) groups excluding carboxylic acids is 2. The molecule has 34 heavy (non-hydrogen) atoms. The smallest absolute Gasteiger partial charge is 0.338 e. The molecular weight excluding hydrogens is 454 g/mol. The van der Waals surface area contributed by atoms with E-state index in [1.165, 1.54) is 17.0 Å². The molecule has 0 bridgehead atoms. The average Bonchev–Trinajstić information content (AvgIpc) is 3.16. The van der Waals surface area contributed by atoms with Crippen molar-refractivity contribution in [1.29, 1.82) is 0 Å². The zero-order valence-corrected chi connectivity index (χ0v) is 19.0. The standard InChI is InChI=1S/C27H20ClNO5/c1-2-34-27(33)19-10-8-17(9-11-19)14-20-15-24(18-6-4-3-5-7-18)29(25(20)30)21-12-13-23(28)22(16-21)26(31)32/h3-16H,2H2,1H3,(H,31,32)/b20-14+. The largest absolute Gasteiger partial charge is 0.478 e. The van der Waals surface area contributed by atoms with Crippen molar-refractivity contribution >= 4 is 46.9 Å². The van der Waals surface area contributed by atoms with Gasteiger partial charge in [0.1, 0.15) is 0 Å². The van der Waals surface area contributed by atoms with Gasteiger partial charge in [0.05, 0.1) is 34.1 Å². The lowest BCUT2D eigenvalue weighted by Gasteiger charge is -2.21. The number of carbonyl (C=O) groups is 3. The Morgan fingerprint density at radius 3 is 2.38 bits per heavy atom. The molecule has 1 aliphatic rings. The van der Waals surface area contributed by atoms with Crippen LogP contribution in [0.2, 0.25) is 5.02 Å². The molecule has 4 rings (SSSR count). The Kier molecular flexibility index (Phi) is 6.61. The van der Waals surface area contributed by atoms with E-state index in [9.17, 15) is 19.5 Å². The van der Waals surface area contributed by atoms with Crippen molar-refractivity contribution in [3.63, 3.8) is 0 Å². The zero-order valence-electron chi connectivity index (χ0n) is 18.2. The molecular formula is C27H20ClNO5. The van der Waals surface area contributed by atoms with Crippen molar-refractivity contribution < 1.29 is 24.2 Å². The molecule has 3 aromatic rings. The predicted octanol–water partition coefficient (Wildman–Crippen LogP) is 5.69. The topological polar surface area (TPSA) is 83.9 Å². The first-order valence-corrected chi connectivity index (χ1v) is 10.9. The van der Waals surface area contributed by atoms with Gasteiger partial charge in [-0.15, -0.1) is 0 Å². The quantitative estimate of drug-likeness (QED) is 0.367. The van der Waals surface area contributed by atoms with Gasteiger partial charge in [0, 0.05) is 5.57 Å². The highest BCUT2D eigenvalue weighted by Crippen LogP contribution is 2.36. The first kappa shape index (κ1) is 23.0. The highest BCUT2D eigenvalue weighted by atomic mass is 35.5. The fourth-order valence-corrected chi connectivity index (χ4v) is 3.82. The molecule has 0 unspecified atom stereocenters. The van der Waals surface area contributed by atoms with E-state index in [1.54, 1.807) is 49.4 Å². The fraction of sp³-hybridized carbons (Fsp3) is 0.0741. The van der Waals surface area contributed by atoms with Crippen LogP contribution in [-0.4, -0.2) is 29.6 Å². The number of hydrogen-bond acceptors (Lipinski definition) is 4. The highest BCUT2D eigenvalue weighted by molar-refractivity contribution is 6.34. The summed E-state index contributed by atoms with van der Waals surface area (Å²) < 4.78 is 5.00. The van der Waals surface area contributed by atoms with Gasteiger partial charge in [-0.1, -0.05) is 54.1 Å². The van der Waals surface area contributed by atoms with E-state index in [-0.39, 0.29) is 23.1 Å². The normalized spacial score (nSPS) is 14.3. The van der Waals surface area contributed by atoms with Gasteiger partial charge >= 0.3 is 11.9 Å². The van der Waals surface area contributed by atoms with Crippen LogP contribution in [0.1, 0.15) is 38.8 Å². The SMILES string of the molecule is CCOC(=O)c1ccc(/C=C2\C=C(c3ccccc3)N(c3ccc(Cl)c(C(=O)O)c3)C2=O)cc1. The van der Waals surface area contributed by atoms with E-state index in [0.717, 1.165) is 11.1 Å². The van der Waals surface area contributed by atoms with Gasteiger partial charge in [-0.05, 0) is 60.5 Å². The lowest BCUT2D eigenvalue weighted by molar-refractivity contribution is -0.113. The number of nitrogens with zero attached hydrogens (tertiary/aromatic N) is 1. The van der Waals surface area contributed by atoms with Crippen LogP contribution in [0.3, 0.4) is 0 Å². The summed E-state index contributed by atoms with van der Waals surface area (Å²) in [7, 11) is 0. The summed E-state index contributed by atoms with van der Waals surface area (Å²) in [6.07, 6.45) is 3.47. The van der Waals surface area contributed by atoms with Crippen LogP contribution in [0, 0.1) is 0 Å². The van der Waals surface area contributed by atoms with Crippen LogP contribution >= 0.6 is 11.6 Å². The van der Waals surface area contributed by atoms with E-state index in [1.807, 2.05) is 30.3 Å². The summed E-state index contributed by atoms with van der Waals surface area (Å²) in [5.41, 5.74) is 3.27. The molecule has 0 saturated heterocycles. The van der Waals surface area contributed by atoms with E-state index in [2.05, 4.69) is 0 Å². The molecule has 0 saturated carbocycles. The molecule has 6 nitrogen and oxygen atoms in total. The number of carboxylic acid groups (broad SMARTS) is 1. The number of halogens is 1. The molecule has 0 aliphatic carbocycles. The summed E-state index contributed by atoms with van der Waals surface area (Å²) in [5.74, 6) is -1.90. The maximum Gasteiger partial charge on any atom is 0.338 e. The highest BCUT2D eigenvalue weighted by Gasteiger charge is 2.31. The van der Waals surface area contributed by atoms with Crippen molar-refractivity contribution in [3.8, 4) is 0 Å². The minimum atomic E-state index is -1.18. The summed E-state index contributed by atoms with van der Waals surface area (Å²) in [5, 5.41) is 9.57. The minimum absolute atomic E-state index is 0.0885. The summed E-state index contributed by atoms with van der Waals surface area (Å²) in [6, 6.07) is 20.5. The second kappa shape index (κ2) is 9.77. The second-order valence-electron chi connectivity index (χ2n) is 7.45. The number of amides is 1. The fourth-order valence-electron chi connectivity index (χ4n) is 3.62. The van der Waals surface area contributed by atoms with E-state index < -0.39 is 11.9 Å². The third kappa shape index (κ3) is 4.63. The maximum atomic E-state index is 13.5. The van der Waals surface area contributed by atoms with Crippen molar-refractivity contribution in [2.24, 2.45) is 0 Å². The minimum Gasteiger partial charge on any atom is -0.478 e. The van der Waals surface area contributed by atoms with Gasteiger partial charge in [0.15, 0.2) is 0 Å². The lowest BCUT2D eigenvalue weighted by atomic mass is 10.1. The molecule has 0 spiro atoms.